The summed E-state index contributed by atoms with van der Waals surface area (Å²) in [6, 6.07) is 30.6. The number of hydrogen-bond donors (Lipinski definition) is 4. The van der Waals surface area contributed by atoms with Crippen LogP contribution in [0.5, 0.6) is 5.75 Å². The van der Waals surface area contributed by atoms with Gasteiger partial charge in [0, 0.05) is 18.3 Å². The van der Waals surface area contributed by atoms with E-state index in [4.69, 9.17) is 15.3 Å². The Morgan fingerprint density at radius 3 is 1.34 bits per heavy atom. The number of hydrogen-bond acceptors (Lipinski definition) is 4. The molecule has 7 nitrogen and oxygen atoms in total. The van der Waals surface area contributed by atoms with Crippen LogP contribution in [0.15, 0.2) is 97.1 Å². The van der Waals surface area contributed by atoms with Crippen molar-refractivity contribution in [2.75, 3.05) is 0 Å². The van der Waals surface area contributed by atoms with E-state index in [-0.39, 0.29) is 30.4 Å². The van der Waals surface area contributed by atoms with Crippen LogP contribution < -0.4 is 0 Å². The third-order valence-corrected chi connectivity index (χ3v) is 7.26. The van der Waals surface area contributed by atoms with E-state index in [1.807, 2.05) is 113 Å². The van der Waals surface area contributed by atoms with Gasteiger partial charge < -0.3 is 20.4 Å². The van der Waals surface area contributed by atoms with Crippen LogP contribution in [0.4, 0.5) is 0 Å². The molecule has 4 aromatic carbocycles. The monoisotopic (exact) mass is 598 g/mol. The van der Waals surface area contributed by atoms with Crippen molar-refractivity contribution in [2.45, 2.75) is 65.2 Å². The second-order valence-electron chi connectivity index (χ2n) is 11.1. The lowest BCUT2D eigenvalue weighted by Crippen LogP contribution is -2.24. The van der Waals surface area contributed by atoms with Crippen molar-refractivity contribution < 1.29 is 34.8 Å². The maximum absolute atomic E-state index is 11.0. The summed E-state index contributed by atoms with van der Waals surface area (Å²) in [5.41, 5.74) is 7.16. The maximum Gasteiger partial charge on any atom is 0.307 e. The summed E-state index contributed by atoms with van der Waals surface area (Å²) in [6.45, 7) is 8.07. The molecular formula is C37H42O7. The number of aryl methyl sites for hydroxylation is 4. The number of carboxylic acids is 3. The molecule has 4 N–H and O–H groups in total. The summed E-state index contributed by atoms with van der Waals surface area (Å²) >= 11 is 0. The summed E-state index contributed by atoms with van der Waals surface area (Å²) in [5, 5.41) is 35.3. The lowest BCUT2D eigenvalue weighted by Gasteiger charge is -2.31. The molecular weight excluding hydrogens is 556 g/mol. The quantitative estimate of drug-likeness (QED) is 0.149. The van der Waals surface area contributed by atoms with Crippen molar-refractivity contribution in [3.63, 3.8) is 0 Å². The fraction of sp³-hybridized carbons (Fsp3) is 0.270. The molecule has 0 aliphatic rings. The molecule has 0 amide bonds. The molecule has 0 aliphatic carbocycles. The summed E-state index contributed by atoms with van der Waals surface area (Å²) in [6.07, 6.45) is 1.56. The zero-order valence-electron chi connectivity index (χ0n) is 25.8. The predicted octanol–water partition coefficient (Wildman–Crippen LogP) is 7.51. The van der Waals surface area contributed by atoms with E-state index in [1.165, 1.54) is 11.1 Å². The van der Waals surface area contributed by atoms with Gasteiger partial charge in [0.1, 0.15) is 5.75 Å². The second kappa shape index (κ2) is 17.3. The Balaban J connectivity index is 0.000000250. The number of phenolic OH excluding ortho intramolecular Hbond substituents is 1. The van der Waals surface area contributed by atoms with Gasteiger partial charge in [-0.1, -0.05) is 109 Å². The Bertz CT molecular complexity index is 1430. The third-order valence-electron chi connectivity index (χ3n) is 7.26. The minimum absolute atomic E-state index is 0.102. The van der Waals surface area contributed by atoms with Crippen LogP contribution in [-0.4, -0.2) is 38.3 Å². The standard InChI is InChI=1S/C18H20O3.C10H12O2.C9H10O2/c1-13-3-5-14(6-4-13)18(2,12-11-17(20)21)15-7-9-16(19)10-8-15;1-8-2-4-9(5-3-8)6-7-10(11)12;1-7-2-4-8(5-3-7)6-9(10)11/h3-10,19H,11-12H2,1-2H3,(H,20,21);2-5H,6-7H2,1H3,(H,11,12);2-5H,6H2,1H3,(H,10,11). The number of aliphatic carboxylic acids is 3. The highest BCUT2D eigenvalue weighted by molar-refractivity contribution is 5.70. The lowest BCUT2D eigenvalue weighted by molar-refractivity contribution is -0.138. The first kappa shape index (κ1) is 35.3. The van der Waals surface area contributed by atoms with Crippen molar-refractivity contribution in [2.24, 2.45) is 0 Å². The Kier molecular flexibility index (Phi) is 13.8. The van der Waals surface area contributed by atoms with E-state index in [0.717, 1.165) is 27.8 Å². The van der Waals surface area contributed by atoms with E-state index < -0.39 is 17.9 Å². The van der Waals surface area contributed by atoms with Gasteiger partial charge in [-0.05, 0) is 68.0 Å². The van der Waals surface area contributed by atoms with Crippen LogP contribution >= 0.6 is 0 Å². The molecule has 0 radical (unpaired) electrons. The van der Waals surface area contributed by atoms with Gasteiger partial charge >= 0.3 is 17.9 Å². The maximum atomic E-state index is 11.0. The van der Waals surface area contributed by atoms with Gasteiger partial charge in [0.15, 0.2) is 0 Å². The van der Waals surface area contributed by atoms with Crippen molar-refractivity contribution >= 4 is 17.9 Å². The van der Waals surface area contributed by atoms with Crippen LogP contribution in [0, 0.1) is 20.8 Å². The topological polar surface area (TPSA) is 132 Å². The normalized spacial score (nSPS) is 11.5. The largest absolute Gasteiger partial charge is 0.508 e. The zero-order valence-corrected chi connectivity index (χ0v) is 25.8. The van der Waals surface area contributed by atoms with Gasteiger partial charge in [0.05, 0.1) is 6.42 Å². The molecule has 0 spiro atoms. The van der Waals surface area contributed by atoms with Gasteiger partial charge in [0.2, 0.25) is 0 Å². The minimum Gasteiger partial charge on any atom is -0.508 e. The second-order valence-corrected chi connectivity index (χ2v) is 11.1. The van der Waals surface area contributed by atoms with E-state index in [2.05, 4.69) is 0 Å². The first-order chi connectivity index (χ1) is 20.8. The molecule has 0 aromatic heterocycles. The molecule has 4 rings (SSSR count). The molecule has 0 saturated heterocycles. The summed E-state index contributed by atoms with van der Waals surface area (Å²) in [7, 11) is 0. The van der Waals surface area contributed by atoms with Crippen molar-refractivity contribution in [3.05, 3.63) is 136 Å². The van der Waals surface area contributed by atoms with E-state index >= 15 is 0 Å². The van der Waals surface area contributed by atoms with Crippen LogP contribution in [0.3, 0.4) is 0 Å². The summed E-state index contributed by atoms with van der Waals surface area (Å²) < 4.78 is 0. The highest BCUT2D eigenvalue weighted by Crippen LogP contribution is 2.37. The number of phenols is 1. The predicted molar refractivity (Wildman–Crippen MR) is 172 cm³/mol. The summed E-state index contributed by atoms with van der Waals surface area (Å²) in [4.78, 5) is 31.5. The van der Waals surface area contributed by atoms with Crippen LogP contribution in [0.2, 0.25) is 0 Å². The Labute approximate surface area is 259 Å². The van der Waals surface area contributed by atoms with Gasteiger partial charge in [-0.25, -0.2) is 0 Å². The Hall–Kier alpha value is -4.91. The number of benzene rings is 4. The Morgan fingerprint density at radius 1 is 0.545 bits per heavy atom. The van der Waals surface area contributed by atoms with Crippen molar-refractivity contribution in [3.8, 4) is 5.75 Å². The molecule has 4 aromatic rings. The molecule has 1 atom stereocenters. The molecule has 0 saturated carbocycles. The van der Waals surface area contributed by atoms with Crippen LogP contribution in [0.1, 0.15) is 65.1 Å². The highest BCUT2D eigenvalue weighted by atomic mass is 16.4. The fourth-order valence-electron chi connectivity index (χ4n) is 4.45. The Morgan fingerprint density at radius 2 is 0.932 bits per heavy atom. The minimum atomic E-state index is -0.799. The van der Waals surface area contributed by atoms with E-state index in [0.29, 0.717) is 12.8 Å². The molecule has 1 unspecified atom stereocenters. The molecule has 0 aliphatic heterocycles. The molecule has 0 bridgehead atoms. The number of rotatable bonds is 10. The first-order valence-corrected chi connectivity index (χ1v) is 14.4. The smallest absolute Gasteiger partial charge is 0.307 e. The van der Waals surface area contributed by atoms with Crippen LogP contribution in [0.25, 0.3) is 0 Å². The van der Waals surface area contributed by atoms with E-state index in [9.17, 15) is 19.5 Å². The highest BCUT2D eigenvalue weighted by Gasteiger charge is 2.29. The van der Waals surface area contributed by atoms with E-state index in [1.54, 1.807) is 12.1 Å². The van der Waals surface area contributed by atoms with Crippen LogP contribution in [-0.2, 0) is 32.6 Å². The molecule has 0 fully saturated rings. The molecule has 7 heteroatoms. The average Bonchev–Trinajstić information content (AvgIpc) is 2.98. The van der Waals surface area contributed by atoms with Crippen molar-refractivity contribution in [1.29, 1.82) is 0 Å². The molecule has 44 heavy (non-hydrogen) atoms. The zero-order chi connectivity index (χ0) is 32.7. The third kappa shape index (κ3) is 12.5. The molecule has 0 heterocycles. The van der Waals surface area contributed by atoms with Gasteiger partial charge in [-0.15, -0.1) is 0 Å². The fourth-order valence-corrected chi connectivity index (χ4v) is 4.45. The van der Waals surface area contributed by atoms with Gasteiger partial charge in [0.25, 0.3) is 0 Å². The number of carboxylic acid groups (broad SMARTS) is 3. The van der Waals surface area contributed by atoms with Gasteiger partial charge in [-0.2, -0.15) is 0 Å². The van der Waals surface area contributed by atoms with Crippen molar-refractivity contribution in [1.82, 2.24) is 0 Å². The first-order valence-electron chi connectivity index (χ1n) is 14.4. The number of carbonyl (C=O) groups is 3. The summed E-state index contributed by atoms with van der Waals surface area (Å²) in [5.74, 6) is -2.11. The molecule has 232 valence electrons. The number of aromatic hydroxyl groups is 1. The lowest BCUT2D eigenvalue weighted by atomic mass is 9.73. The SMILES string of the molecule is Cc1ccc(C(C)(CCC(=O)O)c2ccc(O)cc2)cc1.Cc1ccc(CC(=O)O)cc1.Cc1ccc(CCC(=O)O)cc1. The average molecular weight is 599 g/mol. The van der Waals surface area contributed by atoms with Gasteiger partial charge in [-0.3, -0.25) is 14.4 Å².